The second-order valence-electron chi connectivity index (χ2n) is 4.72. The molecule has 1 heterocycles. The van der Waals surface area contributed by atoms with Crippen molar-refractivity contribution in [3.05, 3.63) is 58.3 Å². The van der Waals surface area contributed by atoms with Crippen molar-refractivity contribution in [1.29, 1.82) is 0 Å². The van der Waals surface area contributed by atoms with Crippen molar-refractivity contribution in [2.45, 2.75) is 26.5 Å². The number of anilines is 1. The summed E-state index contributed by atoms with van der Waals surface area (Å²) in [7, 11) is 0. The van der Waals surface area contributed by atoms with Gasteiger partial charge in [-0.25, -0.2) is 0 Å². The van der Waals surface area contributed by atoms with E-state index in [0.717, 1.165) is 34.5 Å². The zero-order valence-corrected chi connectivity index (χ0v) is 13.3. The Kier molecular flexibility index (Phi) is 5.15. The Balaban J connectivity index is 2.23. The van der Waals surface area contributed by atoms with Crippen LogP contribution >= 0.6 is 15.9 Å². The second-order valence-corrected chi connectivity index (χ2v) is 5.58. The van der Waals surface area contributed by atoms with Crippen molar-refractivity contribution in [3.63, 3.8) is 0 Å². The van der Waals surface area contributed by atoms with Gasteiger partial charge in [0.25, 0.3) is 0 Å². The number of aliphatic hydroxyl groups excluding tert-OH is 1. The number of pyridine rings is 1. The number of aliphatic hydroxyl groups is 1. The van der Waals surface area contributed by atoms with Crippen LogP contribution in [0.4, 0.5) is 5.69 Å². The summed E-state index contributed by atoms with van der Waals surface area (Å²) in [4.78, 5) is 6.62. The molecule has 3 nitrogen and oxygen atoms in total. The first-order valence-electron chi connectivity index (χ1n) is 6.74. The normalized spacial score (nSPS) is 12.2. The minimum absolute atomic E-state index is 0.453. The molecule has 0 amide bonds. The van der Waals surface area contributed by atoms with Crippen LogP contribution in [0.5, 0.6) is 0 Å². The van der Waals surface area contributed by atoms with E-state index in [-0.39, 0.29) is 0 Å². The van der Waals surface area contributed by atoms with Gasteiger partial charge >= 0.3 is 0 Å². The number of halogens is 1. The van der Waals surface area contributed by atoms with Crippen molar-refractivity contribution in [3.8, 4) is 0 Å². The van der Waals surface area contributed by atoms with Gasteiger partial charge in [-0.1, -0.05) is 12.1 Å². The molecule has 0 saturated heterocycles. The van der Waals surface area contributed by atoms with E-state index >= 15 is 0 Å². The van der Waals surface area contributed by atoms with Crippen molar-refractivity contribution in [2.75, 3.05) is 11.4 Å². The van der Waals surface area contributed by atoms with Crippen LogP contribution in [0.3, 0.4) is 0 Å². The van der Waals surface area contributed by atoms with Crippen LogP contribution in [0.15, 0.2) is 47.1 Å². The Labute approximate surface area is 128 Å². The molecule has 0 aliphatic rings. The van der Waals surface area contributed by atoms with E-state index in [4.69, 9.17) is 0 Å². The summed E-state index contributed by atoms with van der Waals surface area (Å²) in [6, 6.07) is 11.9. The lowest BCUT2D eigenvalue weighted by molar-refractivity contribution is 0.199. The number of nitrogens with zero attached hydrogens (tertiary/aromatic N) is 2. The maximum Gasteiger partial charge on any atom is 0.0762 e. The van der Waals surface area contributed by atoms with E-state index in [1.165, 1.54) is 0 Å². The molecule has 1 atom stereocenters. The molecular formula is C16H19BrN2O. The van der Waals surface area contributed by atoms with E-state index in [1.807, 2.05) is 42.6 Å². The largest absolute Gasteiger partial charge is 0.389 e. The summed E-state index contributed by atoms with van der Waals surface area (Å²) >= 11 is 3.60. The molecule has 2 rings (SSSR count). The first-order valence-corrected chi connectivity index (χ1v) is 7.53. The van der Waals surface area contributed by atoms with Gasteiger partial charge in [0.2, 0.25) is 0 Å². The van der Waals surface area contributed by atoms with Gasteiger partial charge in [0, 0.05) is 17.2 Å². The molecule has 2 aromatic rings. The molecule has 106 valence electrons. The molecule has 1 unspecified atom stereocenters. The fraction of sp³-hybridized carbons (Fsp3) is 0.312. The highest BCUT2D eigenvalue weighted by atomic mass is 79.9. The third kappa shape index (κ3) is 3.58. The lowest BCUT2D eigenvalue weighted by Crippen LogP contribution is -2.23. The Bertz CT molecular complexity index is 558. The first-order chi connectivity index (χ1) is 9.61. The molecule has 0 aliphatic heterocycles. The van der Waals surface area contributed by atoms with Gasteiger partial charge in [-0.2, -0.15) is 0 Å². The molecule has 4 heteroatoms. The monoisotopic (exact) mass is 334 g/mol. The second kappa shape index (κ2) is 6.86. The van der Waals surface area contributed by atoms with Crippen molar-refractivity contribution >= 4 is 21.6 Å². The van der Waals surface area contributed by atoms with Gasteiger partial charge < -0.3 is 10.0 Å². The Morgan fingerprint density at radius 3 is 2.65 bits per heavy atom. The smallest absolute Gasteiger partial charge is 0.0762 e. The van der Waals surface area contributed by atoms with E-state index in [9.17, 15) is 5.11 Å². The topological polar surface area (TPSA) is 36.4 Å². The van der Waals surface area contributed by atoms with Crippen LogP contribution in [0.25, 0.3) is 0 Å². The van der Waals surface area contributed by atoms with Crippen LogP contribution in [0, 0.1) is 0 Å². The molecular weight excluding hydrogens is 316 g/mol. The van der Waals surface area contributed by atoms with Crippen molar-refractivity contribution < 1.29 is 5.11 Å². The summed E-state index contributed by atoms with van der Waals surface area (Å²) in [5.74, 6) is 0. The predicted octanol–water partition coefficient (Wildman–Crippen LogP) is 3.92. The SMILES string of the molecule is CCN(Cc1ccccn1)c1ccc(C(C)O)cc1Br. The number of hydrogen-bond acceptors (Lipinski definition) is 3. The van der Waals surface area contributed by atoms with Gasteiger partial charge in [0.1, 0.15) is 0 Å². The molecule has 0 saturated carbocycles. The molecule has 0 bridgehead atoms. The highest BCUT2D eigenvalue weighted by Crippen LogP contribution is 2.30. The third-order valence-corrected chi connectivity index (χ3v) is 3.89. The fourth-order valence-corrected chi connectivity index (χ4v) is 2.74. The number of benzene rings is 1. The van der Waals surface area contributed by atoms with E-state index in [0.29, 0.717) is 0 Å². The highest BCUT2D eigenvalue weighted by Gasteiger charge is 2.11. The molecule has 0 radical (unpaired) electrons. The molecule has 0 aliphatic carbocycles. The average Bonchev–Trinajstić information content (AvgIpc) is 2.46. The van der Waals surface area contributed by atoms with Crippen LogP contribution < -0.4 is 4.90 Å². The molecule has 1 aromatic carbocycles. The maximum absolute atomic E-state index is 9.63. The quantitative estimate of drug-likeness (QED) is 0.900. The van der Waals surface area contributed by atoms with E-state index in [1.54, 1.807) is 6.92 Å². The summed E-state index contributed by atoms with van der Waals surface area (Å²) < 4.78 is 0.994. The predicted molar refractivity (Wildman–Crippen MR) is 85.7 cm³/mol. The van der Waals surface area contributed by atoms with E-state index < -0.39 is 6.10 Å². The lowest BCUT2D eigenvalue weighted by Gasteiger charge is -2.24. The highest BCUT2D eigenvalue weighted by molar-refractivity contribution is 9.10. The number of rotatable bonds is 5. The summed E-state index contributed by atoms with van der Waals surface area (Å²) in [5.41, 5.74) is 3.07. The van der Waals surface area contributed by atoms with Crippen LogP contribution in [-0.4, -0.2) is 16.6 Å². The molecule has 1 aromatic heterocycles. The maximum atomic E-state index is 9.63. The number of aromatic nitrogens is 1. The van der Waals surface area contributed by atoms with Crippen LogP contribution in [0.2, 0.25) is 0 Å². The third-order valence-electron chi connectivity index (χ3n) is 3.26. The van der Waals surface area contributed by atoms with Crippen molar-refractivity contribution in [1.82, 2.24) is 4.98 Å². The number of hydrogen-bond donors (Lipinski definition) is 1. The zero-order chi connectivity index (χ0) is 14.5. The molecule has 1 N–H and O–H groups in total. The fourth-order valence-electron chi connectivity index (χ4n) is 2.09. The first kappa shape index (κ1) is 15.0. The lowest BCUT2D eigenvalue weighted by atomic mass is 10.1. The van der Waals surface area contributed by atoms with Gasteiger partial charge in [-0.3, -0.25) is 4.98 Å². The van der Waals surface area contributed by atoms with Gasteiger partial charge in [0.15, 0.2) is 0 Å². The summed E-state index contributed by atoms with van der Waals surface area (Å²) in [5, 5.41) is 9.63. The molecule has 0 fully saturated rings. The van der Waals surface area contributed by atoms with Crippen LogP contribution in [0.1, 0.15) is 31.2 Å². The van der Waals surface area contributed by atoms with E-state index in [2.05, 4.69) is 32.7 Å². The average molecular weight is 335 g/mol. The van der Waals surface area contributed by atoms with Gasteiger partial charge in [0.05, 0.1) is 24.0 Å². The minimum Gasteiger partial charge on any atom is -0.389 e. The van der Waals surface area contributed by atoms with Crippen LogP contribution in [-0.2, 0) is 6.54 Å². The van der Waals surface area contributed by atoms with Gasteiger partial charge in [-0.15, -0.1) is 0 Å². The standard InChI is InChI=1S/C16H19BrN2O/c1-3-19(11-14-6-4-5-9-18-14)16-8-7-13(12(2)20)10-15(16)17/h4-10,12,20H,3,11H2,1-2H3. The Morgan fingerprint density at radius 1 is 1.30 bits per heavy atom. The zero-order valence-electron chi connectivity index (χ0n) is 11.8. The Hall–Kier alpha value is -1.39. The minimum atomic E-state index is -0.453. The summed E-state index contributed by atoms with van der Waals surface area (Å²) in [6.45, 7) is 5.55. The van der Waals surface area contributed by atoms with Crippen molar-refractivity contribution in [2.24, 2.45) is 0 Å². The van der Waals surface area contributed by atoms with Gasteiger partial charge in [-0.05, 0) is 59.6 Å². The molecule has 20 heavy (non-hydrogen) atoms. The molecule has 0 spiro atoms. The Morgan fingerprint density at radius 2 is 2.10 bits per heavy atom. The summed E-state index contributed by atoms with van der Waals surface area (Å²) in [6.07, 6.45) is 1.36.